The van der Waals surface area contributed by atoms with Crippen LogP contribution in [0, 0.1) is 5.92 Å². The van der Waals surface area contributed by atoms with E-state index in [4.69, 9.17) is 23.5 Å². The molecule has 0 aliphatic carbocycles. The Bertz CT molecular complexity index is 1970. The van der Waals surface area contributed by atoms with Gasteiger partial charge in [-0.1, -0.05) is 13.8 Å². The van der Waals surface area contributed by atoms with Crippen LogP contribution in [0.3, 0.4) is 0 Å². The first kappa shape index (κ1) is 35.4. The second kappa shape index (κ2) is 15.2. The minimum atomic E-state index is -2.14. The second-order valence-corrected chi connectivity index (χ2v) is 14.5. The average Bonchev–Trinajstić information content (AvgIpc) is 3.73. The van der Waals surface area contributed by atoms with Gasteiger partial charge in [0.25, 0.3) is 0 Å². The van der Waals surface area contributed by atoms with E-state index in [1.54, 1.807) is 32.6 Å². The molecule has 0 saturated carbocycles. The fraction of sp³-hybridized carbons (Fsp3) is 0.314. The third-order valence-electron chi connectivity index (χ3n) is 8.55. The van der Waals surface area contributed by atoms with Gasteiger partial charge in [-0.25, -0.2) is 0 Å². The number of ether oxygens (including phenoxy) is 4. The van der Waals surface area contributed by atoms with Gasteiger partial charge in [0.1, 0.15) is 0 Å². The summed E-state index contributed by atoms with van der Waals surface area (Å²) in [6.07, 6.45) is -0.415. The van der Waals surface area contributed by atoms with E-state index >= 15 is 0 Å². The van der Waals surface area contributed by atoms with E-state index < -0.39 is 36.3 Å². The van der Waals surface area contributed by atoms with Crippen LogP contribution in [0.15, 0.2) is 90.0 Å². The summed E-state index contributed by atoms with van der Waals surface area (Å²) < 4.78 is 44.4. The molecule has 0 spiro atoms. The van der Waals surface area contributed by atoms with Crippen molar-refractivity contribution in [3.8, 4) is 11.5 Å². The third kappa shape index (κ3) is 7.22. The number of rotatable bonds is 13. The molecule has 1 aliphatic heterocycles. The summed E-state index contributed by atoms with van der Waals surface area (Å²) in [4.78, 5) is 36.6. The molecule has 3 heterocycles. The Morgan fingerprint density at radius 2 is 1.62 bits per heavy atom. The van der Waals surface area contributed by atoms with Gasteiger partial charge in [-0.05, 0) is 0 Å². The Kier molecular flexibility index (Phi) is 10.8. The maximum absolute atomic E-state index is 12.9. The van der Waals surface area contributed by atoms with E-state index in [0.29, 0.717) is 11.5 Å². The number of aromatic amines is 1. The van der Waals surface area contributed by atoms with Gasteiger partial charge in [0, 0.05) is 0 Å². The number of imidazole rings is 1. The van der Waals surface area contributed by atoms with Gasteiger partial charge in [0.15, 0.2) is 0 Å². The van der Waals surface area contributed by atoms with Gasteiger partial charge < -0.3 is 0 Å². The molecule has 3 aromatic carbocycles. The number of carbonyl (C=O) groups excluding carboxylic acids is 1. The zero-order valence-electron chi connectivity index (χ0n) is 27.8. The minimum absolute atomic E-state index is 0.00757. The summed E-state index contributed by atoms with van der Waals surface area (Å²) in [7, 11) is 3.22. The summed E-state index contributed by atoms with van der Waals surface area (Å²) in [5.74, 6) is 0.738. The molecule has 259 valence electrons. The van der Waals surface area contributed by atoms with E-state index in [9.17, 15) is 14.2 Å². The SMILES string of the molecule is COc1ccc(C(OC[C@H]2O[C@@H](n3cnc4c(=O)[nH]c(NC(=O)C(C)C)nc43)C[C@@H]2O[P+](=O)[Se])(c2ccccc2)c2ccc(OC)cc2)cc1. The number of amides is 1. The topological polar surface area (TPSA) is 156 Å². The zero-order valence-corrected chi connectivity index (χ0v) is 30.4. The van der Waals surface area contributed by atoms with Gasteiger partial charge in [-0.15, -0.1) is 0 Å². The van der Waals surface area contributed by atoms with Crippen molar-refractivity contribution >= 4 is 45.3 Å². The number of nitrogens with zero attached hydrogens (tertiary/aromatic N) is 3. The van der Waals surface area contributed by atoms with Crippen LogP contribution in [0.1, 0.15) is 43.2 Å². The zero-order chi connectivity index (χ0) is 35.4. The fourth-order valence-electron chi connectivity index (χ4n) is 5.98. The van der Waals surface area contributed by atoms with Crippen LogP contribution in [0.5, 0.6) is 11.5 Å². The number of aromatic nitrogens is 4. The maximum atomic E-state index is 12.9. The summed E-state index contributed by atoms with van der Waals surface area (Å²) in [5, 5.41) is 2.63. The Morgan fingerprint density at radius 3 is 2.18 bits per heavy atom. The van der Waals surface area contributed by atoms with Crippen LogP contribution in [0.25, 0.3) is 11.2 Å². The van der Waals surface area contributed by atoms with Gasteiger partial charge >= 0.3 is 270 Å². The molecule has 1 saturated heterocycles. The van der Waals surface area contributed by atoms with Crippen molar-refractivity contribution in [1.82, 2.24) is 19.5 Å². The van der Waals surface area contributed by atoms with Crippen LogP contribution in [-0.2, 0) is 29.0 Å². The number of anilines is 1. The van der Waals surface area contributed by atoms with Crippen LogP contribution in [0.2, 0.25) is 0 Å². The Hall–Kier alpha value is -4.42. The molecule has 13 nitrogen and oxygen atoms in total. The van der Waals surface area contributed by atoms with Gasteiger partial charge in [-0.2, -0.15) is 0 Å². The van der Waals surface area contributed by atoms with Crippen molar-refractivity contribution in [3.63, 3.8) is 0 Å². The number of benzene rings is 3. The molecular weight excluding hydrogens is 728 g/mol. The fourth-order valence-corrected chi connectivity index (χ4v) is 7.12. The number of carbonyl (C=O) groups is 1. The number of nitrogens with one attached hydrogen (secondary N) is 2. The normalized spacial score (nSPS) is 18.0. The van der Waals surface area contributed by atoms with Crippen molar-refractivity contribution in [2.75, 3.05) is 26.1 Å². The first-order chi connectivity index (χ1) is 24.1. The predicted octanol–water partition coefficient (Wildman–Crippen LogP) is 5.24. The van der Waals surface area contributed by atoms with Crippen molar-refractivity contribution in [2.24, 2.45) is 5.92 Å². The second-order valence-electron chi connectivity index (χ2n) is 11.9. The molecule has 15 heteroatoms. The molecule has 1 unspecified atom stereocenters. The first-order valence-corrected chi connectivity index (χ1v) is 19.2. The van der Waals surface area contributed by atoms with Crippen LogP contribution in [-0.4, -0.2) is 74.0 Å². The molecule has 5 aromatic rings. The van der Waals surface area contributed by atoms with E-state index in [0.717, 1.165) is 16.7 Å². The molecule has 1 aliphatic rings. The molecule has 0 bridgehead atoms. The summed E-state index contributed by atoms with van der Waals surface area (Å²) >= 11 is 2.53. The van der Waals surface area contributed by atoms with Gasteiger partial charge in [0.05, 0.1) is 14.2 Å². The van der Waals surface area contributed by atoms with E-state index in [-0.39, 0.29) is 42.0 Å². The molecule has 4 atom stereocenters. The Labute approximate surface area is 297 Å². The van der Waals surface area contributed by atoms with E-state index in [2.05, 4.69) is 35.8 Å². The average molecular weight is 765 g/mol. The van der Waals surface area contributed by atoms with Crippen LogP contribution >= 0.6 is 6.72 Å². The van der Waals surface area contributed by atoms with Crippen molar-refractivity contribution in [2.45, 2.75) is 44.3 Å². The number of H-pyrrole nitrogens is 1. The number of methoxy groups -OCH3 is 2. The molecule has 1 radical (unpaired) electrons. The summed E-state index contributed by atoms with van der Waals surface area (Å²) in [6.45, 7) is 1.33. The number of fused-ring (bicyclic) bond motifs is 1. The van der Waals surface area contributed by atoms with Crippen LogP contribution < -0.4 is 20.3 Å². The standard InChI is InChI=1S/C35H36N5O8PSe/c1-21(2)32(41)38-34-37-31-30(33(42)39-34)36-20-40(31)29-18-27(48-49(43)50)28(47-29)19-46-35(22-8-6-5-7-9-22,23-10-14-25(44-3)15-11-23)24-12-16-26(45-4)17-13-24/h5-17,20-21,27-29H,18-19H2,1-4H3,(H2,37,38,39,41,42)/q+1/t27-,28+,29+/m0/s1. The number of hydrogen-bond donors (Lipinski definition) is 2. The predicted molar refractivity (Wildman–Crippen MR) is 187 cm³/mol. The number of hydrogen-bond acceptors (Lipinski definition) is 10. The quantitative estimate of drug-likeness (QED) is 0.0925. The van der Waals surface area contributed by atoms with Crippen molar-refractivity contribution < 1.29 is 32.8 Å². The van der Waals surface area contributed by atoms with E-state index in [1.165, 1.54) is 6.33 Å². The molecule has 2 N–H and O–H groups in total. The van der Waals surface area contributed by atoms with Gasteiger partial charge in [0.2, 0.25) is 0 Å². The molecular formula is C35H36N5O8PSe+. The summed E-state index contributed by atoms with van der Waals surface area (Å²) in [6, 6.07) is 25.2. The van der Waals surface area contributed by atoms with Crippen molar-refractivity contribution in [3.05, 3.63) is 112 Å². The summed E-state index contributed by atoms with van der Waals surface area (Å²) in [5.41, 5.74) is 1.15. The molecule has 6 rings (SSSR count). The van der Waals surface area contributed by atoms with E-state index in [1.807, 2.05) is 78.9 Å². The van der Waals surface area contributed by atoms with Crippen molar-refractivity contribution in [1.29, 1.82) is 0 Å². The monoisotopic (exact) mass is 765 g/mol. The first-order valence-electron chi connectivity index (χ1n) is 15.9. The Balaban J connectivity index is 1.38. The van der Waals surface area contributed by atoms with Gasteiger partial charge in [-0.3, -0.25) is 0 Å². The third-order valence-corrected chi connectivity index (χ3v) is 9.53. The molecule has 2 aromatic heterocycles. The molecule has 1 amide bonds. The Morgan fingerprint density at radius 1 is 1.02 bits per heavy atom. The molecule has 1 fully saturated rings. The molecule has 50 heavy (non-hydrogen) atoms. The van der Waals surface area contributed by atoms with Crippen LogP contribution in [0.4, 0.5) is 5.95 Å².